The molecule has 0 unspecified atom stereocenters. The Morgan fingerprint density at radius 1 is 1.47 bits per heavy atom. The third-order valence-electron chi connectivity index (χ3n) is 3.20. The zero-order valence-electron chi connectivity index (χ0n) is 9.49. The summed E-state index contributed by atoms with van der Waals surface area (Å²) in [6.07, 6.45) is 3.65. The first kappa shape index (κ1) is 13.3. The number of aliphatic hydroxyl groups excluding tert-OH is 1. The third-order valence-corrected chi connectivity index (χ3v) is 4.99. The normalized spacial score (nSPS) is 24.6. The predicted octanol–water partition coefficient (Wildman–Crippen LogP) is 2.63. The van der Waals surface area contributed by atoms with Gasteiger partial charge in [-0.3, -0.25) is 4.79 Å². The van der Waals surface area contributed by atoms with Crippen molar-refractivity contribution >= 4 is 39.8 Å². The van der Waals surface area contributed by atoms with Gasteiger partial charge < -0.3 is 10.4 Å². The average Bonchev–Trinajstić information content (AvgIpc) is 2.75. The summed E-state index contributed by atoms with van der Waals surface area (Å²) >= 11 is 3.81. The molecular formula is C12H16INO2S. The van der Waals surface area contributed by atoms with Crippen LogP contribution in [-0.2, 0) is 0 Å². The Bertz CT molecular complexity index is 386. The van der Waals surface area contributed by atoms with Crippen LogP contribution >= 0.6 is 33.9 Å². The Morgan fingerprint density at radius 3 is 2.76 bits per heavy atom. The van der Waals surface area contributed by atoms with Gasteiger partial charge in [-0.2, -0.15) is 0 Å². The lowest BCUT2D eigenvalue weighted by Crippen LogP contribution is -2.31. The molecule has 2 N–H and O–H groups in total. The molecule has 1 saturated carbocycles. The minimum Gasteiger partial charge on any atom is -0.393 e. The van der Waals surface area contributed by atoms with Crippen molar-refractivity contribution < 1.29 is 9.90 Å². The van der Waals surface area contributed by atoms with Gasteiger partial charge in [0.25, 0.3) is 5.91 Å². The molecule has 1 aliphatic carbocycles. The van der Waals surface area contributed by atoms with Gasteiger partial charge in [-0.05, 0) is 60.3 Å². The van der Waals surface area contributed by atoms with Crippen LogP contribution < -0.4 is 5.32 Å². The smallest absolute Gasteiger partial charge is 0.252 e. The van der Waals surface area contributed by atoms with E-state index < -0.39 is 0 Å². The fraction of sp³-hybridized carbons (Fsp3) is 0.583. The van der Waals surface area contributed by atoms with Gasteiger partial charge in [0.15, 0.2) is 0 Å². The van der Waals surface area contributed by atoms with Gasteiger partial charge in [0.2, 0.25) is 0 Å². The summed E-state index contributed by atoms with van der Waals surface area (Å²) in [6.45, 7) is 0.734. The first-order chi connectivity index (χ1) is 8.15. The molecule has 0 bridgehead atoms. The van der Waals surface area contributed by atoms with Crippen LogP contribution in [0, 0.1) is 8.80 Å². The number of halogens is 1. The van der Waals surface area contributed by atoms with E-state index in [0.717, 1.165) is 40.7 Å². The average molecular weight is 365 g/mol. The summed E-state index contributed by atoms with van der Waals surface area (Å²) in [6, 6.07) is 1.91. The van der Waals surface area contributed by atoms with Gasteiger partial charge in [-0.15, -0.1) is 11.3 Å². The summed E-state index contributed by atoms with van der Waals surface area (Å²) in [4.78, 5) is 11.8. The van der Waals surface area contributed by atoms with Crippen molar-refractivity contribution in [2.45, 2.75) is 31.8 Å². The lowest BCUT2D eigenvalue weighted by Gasteiger charge is -2.25. The maximum absolute atomic E-state index is 11.8. The van der Waals surface area contributed by atoms with Crippen molar-refractivity contribution in [2.24, 2.45) is 5.92 Å². The van der Waals surface area contributed by atoms with E-state index in [2.05, 4.69) is 27.9 Å². The molecule has 2 rings (SSSR count). The molecule has 5 heteroatoms. The van der Waals surface area contributed by atoms with Crippen molar-refractivity contribution in [3.8, 4) is 0 Å². The van der Waals surface area contributed by atoms with E-state index in [9.17, 15) is 9.90 Å². The SMILES string of the molecule is O=C(NCC1CCC(O)CC1)c1csc(I)c1. The molecule has 1 amide bonds. The van der Waals surface area contributed by atoms with E-state index in [0.29, 0.717) is 5.92 Å². The van der Waals surface area contributed by atoms with Crippen molar-refractivity contribution in [1.29, 1.82) is 0 Å². The van der Waals surface area contributed by atoms with Crippen LogP contribution in [0.3, 0.4) is 0 Å². The lowest BCUT2D eigenvalue weighted by atomic mass is 9.87. The fourth-order valence-electron chi connectivity index (χ4n) is 2.12. The third kappa shape index (κ3) is 3.93. The molecule has 0 aliphatic heterocycles. The molecule has 0 saturated heterocycles. The number of hydrogen-bond donors (Lipinski definition) is 2. The van der Waals surface area contributed by atoms with Gasteiger partial charge in [0.1, 0.15) is 0 Å². The predicted molar refractivity (Wildman–Crippen MR) is 77.3 cm³/mol. The Balaban J connectivity index is 1.76. The Labute approximate surface area is 119 Å². The first-order valence-electron chi connectivity index (χ1n) is 5.85. The Morgan fingerprint density at radius 2 is 2.18 bits per heavy atom. The molecule has 1 aromatic rings. The van der Waals surface area contributed by atoms with Gasteiger partial charge in [-0.25, -0.2) is 0 Å². The highest BCUT2D eigenvalue weighted by molar-refractivity contribution is 14.1. The molecule has 94 valence electrons. The van der Waals surface area contributed by atoms with Crippen molar-refractivity contribution in [1.82, 2.24) is 5.32 Å². The number of amides is 1. The standard InChI is InChI=1S/C12H16INO2S/c13-11-5-9(7-17-11)12(16)14-6-8-1-3-10(15)4-2-8/h5,7-8,10,15H,1-4,6H2,(H,14,16). The van der Waals surface area contributed by atoms with Gasteiger partial charge >= 0.3 is 0 Å². The van der Waals surface area contributed by atoms with E-state index in [1.54, 1.807) is 11.3 Å². The van der Waals surface area contributed by atoms with Crippen LogP contribution in [0.2, 0.25) is 0 Å². The van der Waals surface area contributed by atoms with Crippen molar-refractivity contribution in [3.05, 3.63) is 19.9 Å². The Kier molecular flexibility index (Phi) is 4.81. The topological polar surface area (TPSA) is 49.3 Å². The molecule has 0 atom stereocenters. The monoisotopic (exact) mass is 365 g/mol. The number of aliphatic hydroxyl groups is 1. The van der Waals surface area contributed by atoms with Crippen LogP contribution in [-0.4, -0.2) is 23.7 Å². The fourth-order valence-corrected chi connectivity index (χ4v) is 3.44. The minimum absolute atomic E-state index is 0.0234. The van der Waals surface area contributed by atoms with Gasteiger partial charge in [-0.1, -0.05) is 0 Å². The van der Waals surface area contributed by atoms with Crippen LogP contribution in [0.15, 0.2) is 11.4 Å². The molecule has 1 heterocycles. The van der Waals surface area contributed by atoms with E-state index in [-0.39, 0.29) is 12.0 Å². The zero-order chi connectivity index (χ0) is 12.3. The molecule has 1 fully saturated rings. The number of rotatable bonds is 3. The molecule has 3 nitrogen and oxygen atoms in total. The second kappa shape index (κ2) is 6.15. The summed E-state index contributed by atoms with van der Waals surface area (Å²) in [5.74, 6) is 0.551. The maximum atomic E-state index is 11.8. The Hall–Kier alpha value is -0.140. The number of thiophene rings is 1. The van der Waals surface area contributed by atoms with Crippen LogP contribution in [0.5, 0.6) is 0 Å². The summed E-state index contributed by atoms with van der Waals surface area (Å²) in [5, 5.41) is 14.3. The van der Waals surface area contributed by atoms with E-state index >= 15 is 0 Å². The number of carbonyl (C=O) groups excluding carboxylic acids is 1. The van der Waals surface area contributed by atoms with Gasteiger partial charge in [0, 0.05) is 11.9 Å². The molecule has 0 spiro atoms. The largest absolute Gasteiger partial charge is 0.393 e. The minimum atomic E-state index is -0.125. The second-order valence-electron chi connectivity index (χ2n) is 4.52. The maximum Gasteiger partial charge on any atom is 0.252 e. The van der Waals surface area contributed by atoms with Crippen molar-refractivity contribution in [3.63, 3.8) is 0 Å². The number of hydrogen-bond acceptors (Lipinski definition) is 3. The zero-order valence-corrected chi connectivity index (χ0v) is 12.5. The van der Waals surface area contributed by atoms with E-state index in [1.165, 1.54) is 0 Å². The van der Waals surface area contributed by atoms with Crippen LogP contribution in [0.25, 0.3) is 0 Å². The molecule has 0 aromatic carbocycles. The van der Waals surface area contributed by atoms with E-state index in [1.807, 2.05) is 11.4 Å². The molecule has 1 aliphatic rings. The first-order valence-corrected chi connectivity index (χ1v) is 7.81. The lowest BCUT2D eigenvalue weighted by molar-refractivity contribution is 0.0910. The van der Waals surface area contributed by atoms with E-state index in [4.69, 9.17) is 0 Å². The highest BCUT2D eigenvalue weighted by Gasteiger charge is 2.20. The number of carbonyl (C=O) groups is 1. The number of nitrogens with one attached hydrogen (secondary N) is 1. The highest BCUT2D eigenvalue weighted by Crippen LogP contribution is 2.23. The summed E-state index contributed by atoms with van der Waals surface area (Å²) < 4.78 is 1.13. The summed E-state index contributed by atoms with van der Waals surface area (Å²) in [5.41, 5.74) is 0.759. The van der Waals surface area contributed by atoms with Crippen LogP contribution in [0.4, 0.5) is 0 Å². The molecule has 1 aromatic heterocycles. The van der Waals surface area contributed by atoms with Crippen molar-refractivity contribution in [2.75, 3.05) is 6.54 Å². The summed E-state index contributed by atoms with van der Waals surface area (Å²) in [7, 11) is 0. The quantitative estimate of drug-likeness (QED) is 0.810. The molecular weight excluding hydrogens is 349 g/mol. The molecule has 0 radical (unpaired) electrons. The van der Waals surface area contributed by atoms with Crippen LogP contribution in [0.1, 0.15) is 36.0 Å². The molecule has 17 heavy (non-hydrogen) atoms. The second-order valence-corrected chi connectivity index (χ2v) is 7.33. The van der Waals surface area contributed by atoms with Gasteiger partial charge in [0.05, 0.1) is 14.6 Å². The highest BCUT2D eigenvalue weighted by atomic mass is 127.